The van der Waals surface area contributed by atoms with Crippen molar-refractivity contribution >= 4 is 11.3 Å². The van der Waals surface area contributed by atoms with Gasteiger partial charge in [-0.25, -0.2) is 0 Å². The Bertz CT molecular complexity index is 570. The molecule has 2 unspecified atom stereocenters. The zero-order chi connectivity index (χ0) is 14.7. The van der Waals surface area contributed by atoms with Gasteiger partial charge in [0.1, 0.15) is 12.4 Å². The Labute approximate surface area is 130 Å². The molecule has 0 spiro atoms. The third-order valence-electron chi connectivity index (χ3n) is 4.09. The highest BCUT2D eigenvalue weighted by atomic mass is 32.1. The Balaban J connectivity index is 1.89. The first-order valence-electron chi connectivity index (χ1n) is 7.53. The highest BCUT2D eigenvalue weighted by Crippen LogP contribution is 2.33. The number of benzene rings is 1. The van der Waals surface area contributed by atoms with Crippen molar-refractivity contribution in [3.05, 3.63) is 52.2 Å². The fourth-order valence-electron chi connectivity index (χ4n) is 2.93. The summed E-state index contributed by atoms with van der Waals surface area (Å²) in [5, 5.41) is 2.13. The molecule has 21 heavy (non-hydrogen) atoms. The van der Waals surface area contributed by atoms with Crippen LogP contribution in [0, 0.1) is 0 Å². The first kappa shape index (κ1) is 14.6. The number of para-hydroxylation sites is 1. The van der Waals surface area contributed by atoms with Gasteiger partial charge in [0.2, 0.25) is 0 Å². The molecule has 0 fully saturated rings. The van der Waals surface area contributed by atoms with Crippen molar-refractivity contribution in [2.45, 2.75) is 32.0 Å². The first-order chi connectivity index (χ1) is 10.3. The SMILES string of the molecule is CCC(N)C(c1cccs1)N1CCOc2ccccc2C1. The summed E-state index contributed by atoms with van der Waals surface area (Å²) >= 11 is 1.79. The van der Waals surface area contributed by atoms with Crippen LogP contribution in [0.2, 0.25) is 0 Å². The van der Waals surface area contributed by atoms with Gasteiger partial charge in [-0.1, -0.05) is 31.2 Å². The largest absolute Gasteiger partial charge is 0.492 e. The molecule has 0 aliphatic carbocycles. The second-order valence-corrected chi connectivity index (χ2v) is 6.44. The van der Waals surface area contributed by atoms with Crippen molar-refractivity contribution in [3.63, 3.8) is 0 Å². The van der Waals surface area contributed by atoms with Crippen molar-refractivity contribution < 1.29 is 4.74 Å². The number of nitrogens with two attached hydrogens (primary N) is 1. The molecule has 0 bridgehead atoms. The fraction of sp³-hybridized carbons (Fsp3) is 0.412. The van der Waals surface area contributed by atoms with Gasteiger partial charge in [-0.05, 0) is 23.9 Å². The lowest BCUT2D eigenvalue weighted by atomic mass is 10.0. The van der Waals surface area contributed by atoms with Gasteiger partial charge >= 0.3 is 0 Å². The lowest BCUT2D eigenvalue weighted by molar-refractivity contribution is 0.149. The Kier molecular flexibility index (Phi) is 4.58. The van der Waals surface area contributed by atoms with Crippen LogP contribution in [0.5, 0.6) is 5.75 Å². The van der Waals surface area contributed by atoms with Crippen molar-refractivity contribution in [2.75, 3.05) is 13.2 Å². The van der Waals surface area contributed by atoms with Gasteiger partial charge in [-0.15, -0.1) is 11.3 Å². The van der Waals surface area contributed by atoms with Crippen molar-refractivity contribution in [1.29, 1.82) is 0 Å². The van der Waals surface area contributed by atoms with Crippen LogP contribution in [0.4, 0.5) is 0 Å². The summed E-state index contributed by atoms with van der Waals surface area (Å²) in [6.45, 7) is 4.68. The average Bonchev–Trinajstić information content (AvgIpc) is 2.94. The van der Waals surface area contributed by atoms with E-state index >= 15 is 0 Å². The van der Waals surface area contributed by atoms with E-state index in [1.54, 1.807) is 11.3 Å². The predicted molar refractivity (Wildman–Crippen MR) is 87.7 cm³/mol. The summed E-state index contributed by atoms with van der Waals surface area (Å²) in [6, 6.07) is 13.0. The first-order valence-corrected chi connectivity index (χ1v) is 8.41. The number of hydrogen-bond donors (Lipinski definition) is 1. The number of ether oxygens (including phenoxy) is 1. The van der Waals surface area contributed by atoms with Crippen LogP contribution < -0.4 is 10.5 Å². The Morgan fingerprint density at radius 2 is 2.14 bits per heavy atom. The standard InChI is InChI=1S/C17H22N2OS/c1-2-14(18)17(16-8-5-11-21-16)19-9-10-20-15-7-4-3-6-13(15)12-19/h3-8,11,14,17H,2,9-10,12,18H2,1H3. The maximum Gasteiger partial charge on any atom is 0.123 e. The molecule has 1 aliphatic heterocycles. The van der Waals surface area contributed by atoms with E-state index in [2.05, 4.69) is 47.5 Å². The molecule has 1 aromatic heterocycles. The topological polar surface area (TPSA) is 38.5 Å². The summed E-state index contributed by atoms with van der Waals surface area (Å²) in [7, 11) is 0. The Morgan fingerprint density at radius 3 is 2.90 bits per heavy atom. The molecule has 4 heteroatoms. The fourth-order valence-corrected chi connectivity index (χ4v) is 3.86. The number of rotatable bonds is 4. The number of hydrogen-bond acceptors (Lipinski definition) is 4. The van der Waals surface area contributed by atoms with Gasteiger partial charge in [-0.3, -0.25) is 4.90 Å². The van der Waals surface area contributed by atoms with E-state index in [0.29, 0.717) is 0 Å². The maximum atomic E-state index is 6.43. The summed E-state index contributed by atoms with van der Waals surface area (Å²) in [4.78, 5) is 3.81. The van der Waals surface area contributed by atoms with Gasteiger partial charge < -0.3 is 10.5 Å². The van der Waals surface area contributed by atoms with Crippen LogP contribution in [0.25, 0.3) is 0 Å². The van der Waals surface area contributed by atoms with Crippen LogP contribution in [0.3, 0.4) is 0 Å². The number of thiophene rings is 1. The molecule has 2 atom stereocenters. The van der Waals surface area contributed by atoms with Crippen LogP contribution in [0.15, 0.2) is 41.8 Å². The average molecular weight is 302 g/mol. The lowest BCUT2D eigenvalue weighted by Crippen LogP contribution is -2.41. The molecule has 0 saturated carbocycles. The molecule has 1 aromatic carbocycles. The third-order valence-corrected chi connectivity index (χ3v) is 5.03. The smallest absolute Gasteiger partial charge is 0.123 e. The van der Waals surface area contributed by atoms with Crippen molar-refractivity contribution in [1.82, 2.24) is 4.90 Å². The molecule has 0 saturated heterocycles. The summed E-state index contributed by atoms with van der Waals surface area (Å²) < 4.78 is 5.88. The molecule has 2 heterocycles. The second kappa shape index (κ2) is 6.60. The van der Waals surface area contributed by atoms with Gasteiger partial charge in [0.25, 0.3) is 0 Å². The quantitative estimate of drug-likeness (QED) is 0.940. The van der Waals surface area contributed by atoms with Crippen LogP contribution in [-0.4, -0.2) is 24.1 Å². The molecular weight excluding hydrogens is 280 g/mol. The van der Waals surface area contributed by atoms with Crippen LogP contribution in [0.1, 0.15) is 29.8 Å². The van der Waals surface area contributed by atoms with E-state index in [4.69, 9.17) is 10.5 Å². The second-order valence-electron chi connectivity index (χ2n) is 5.46. The monoisotopic (exact) mass is 302 g/mol. The van der Waals surface area contributed by atoms with Gasteiger partial charge in [0.05, 0.1) is 6.04 Å². The summed E-state index contributed by atoms with van der Waals surface area (Å²) in [5.74, 6) is 1.01. The molecular formula is C17H22N2OS. The number of nitrogens with zero attached hydrogens (tertiary/aromatic N) is 1. The maximum absolute atomic E-state index is 6.43. The molecule has 2 N–H and O–H groups in total. The molecule has 3 rings (SSSR count). The van der Waals surface area contributed by atoms with Crippen LogP contribution in [-0.2, 0) is 6.54 Å². The highest BCUT2D eigenvalue weighted by molar-refractivity contribution is 7.10. The van der Waals surface area contributed by atoms with E-state index in [9.17, 15) is 0 Å². The number of fused-ring (bicyclic) bond motifs is 1. The van der Waals surface area contributed by atoms with Gasteiger partial charge in [-0.2, -0.15) is 0 Å². The minimum Gasteiger partial charge on any atom is -0.492 e. The molecule has 0 amide bonds. The molecule has 0 radical (unpaired) electrons. The van der Waals surface area contributed by atoms with E-state index in [1.807, 2.05) is 6.07 Å². The minimum atomic E-state index is 0.147. The lowest BCUT2D eigenvalue weighted by Gasteiger charge is -2.33. The summed E-state index contributed by atoms with van der Waals surface area (Å²) in [6.07, 6.45) is 0.974. The Hall–Kier alpha value is -1.36. The van der Waals surface area contributed by atoms with Crippen molar-refractivity contribution in [2.24, 2.45) is 5.73 Å². The van der Waals surface area contributed by atoms with E-state index in [0.717, 1.165) is 31.9 Å². The highest BCUT2D eigenvalue weighted by Gasteiger charge is 2.28. The van der Waals surface area contributed by atoms with Gasteiger partial charge in [0, 0.05) is 29.6 Å². The van der Waals surface area contributed by atoms with E-state index in [1.165, 1.54) is 10.4 Å². The Morgan fingerprint density at radius 1 is 1.29 bits per heavy atom. The van der Waals surface area contributed by atoms with Gasteiger partial charge in [0.15, 0.2) is 0 Å². The zero-order valence-corrected chi connectivity index (χ0v) is 13.2. The predicted octanol–water partition coefficient (Wildman–Crippen LogP) is 3.42. The van der Waals surface area contributed by atoms with Crippen molar-refractivity contribution in [3.8, 4) is 5.75 Å². The van der Waals surface area contributed by atoms with E-state index < -0.39 is 0 Å². The normalized spacial score (nSPS) is 18.4. The summed E-state index contributed by atoms with van der Waals surface area (Å²) in [5.41, 5.74) is 7.68. The molecule has 2 aromatic rings. The zero-order valence-electron chi connectivity index (χ0n) is 12.4. The van der Waals surface area contributed by atoms with E-state index in [-0.39, 0.29) is 12.1 Å². The minimum absolute atomic E-state index is 0.147. The molecule has 3 nitrogen and oxygen atoms in total. The third kappa shape index (κ3) is 3.12. The van der Waals surface area contributed by atoms with Crippen LogP contribution >= 0.6 is 11.3 Å². The molecule has 1 aliphatic rings. The molecule has 112 valence electrons.